The molecule has 0 saturated heterocycles. The fourth-order valence-corrected chi connectivity index (χ4v) is 2.27. The molecule has 0 radical (unpaired) electrons. The van der Waals surface area contributed by atoms with E-state index in [2.05, 4.69) is 15.9 Å². The number of rotatable bonds is 4. The summed E-state index contributed by atoms with van der Waals surface area (Å²) in [5.41, 5.74) is 0.846. The van der Waals surface area contributed by atoms with Crippen molar-refractivity contribution in [3.05, 3.63) is 57.7 Å². The van der Waals surface area contributed by atoms with Gasteiger partial charge in [-0.25, -0.2) is 4.39 Å². The molecule has 0 amide bonds. The lowest BCUT2D eigenvalue weighted by Crippen LogP contribution is -2.01. The number of benzene rings is 1. The van der Waals surface area contributed by atoms with Crippen LogP contribution in [0.15, 0.2) is 39.2 Å². The van der Waals surface area contributed by atoms with Gasteiger partial charge in [-0.1, -0.05) is 28.9 Å². The molecule has 0 saturated carbocycles. The largest absolute Gasteiger partial charge is 0.463 e. The summed E-state index contributed by atoms with van der Waals surface area (Å²) in [5.74, 6) is 1.09. The van der Waals surface area contributed by atoms with Gasteiger partial charge in [-0.15, -0.1) is 0 Å². The van der Waals surface area contributed by atoms with E-state index < -0.39 is 6.10 Å². The highest BCUT2D eigenvalue weighted by Gasteiger charge is 2.14. The molecular formula is C14H14BrFO2. The van der Waals surface area contributed by atoms with Gasteiger partial charge in [0.15, 0.2) is 0 Å². The molecule has 96 valence electrons. The smallest absolute Gasteiger partial charge is 0.133 e. The number of aryl methyl sites for hydroxylation is 1. The topological polar surface area (TPSA) is 33.4 Å². The first-order valence-electron chi connectivity index (χ1n) is 5.80. The van der Waals surface area contributed by atoms with Crippen molar-refractivity contribution in [2.75, 3.05) is 0 Å². The van der Waals surface area contributed by atoms with E-state index in [1.54, 1.807) is 12.1 Å². The fourth-order valence-electron chi connectivity index (χ4n) is 1.76. The van der Waals surface area contributed by atoms with Gasteiger partial charge in [0.2, 0.25) is 0 Å². The van der Waals surface area contributed by atoms with Gasteiger partial charge in [-0.3, -0.25) is 0 Å². The summed E-state index contributed by atoms with van der Waals surface area (Å²) in [6, 6.07) is 8.07. The molecule has 2 aromatic rings. The summed E-state index contributed by atoms with van der Waals surface area (Å²) in [6.45, 7) is 1.99. The first kappa shape index (κ1) is 13.3. The summed E-state index contributed by atoms with van der Waals surface area (Å²) in [6.07, 6.45) is 0.469. The van der Waals surface area contributed by atoms with Crippen molar-refractivity contribution >= 4 is 15.9 Å². The lowest BCUT2D eigenvalue weighted by Gasteiger charge is -2.09. The van der Waals surface area contributed by atoms with E-state index in [9.17, 15) is 9.50 Å². The number of aliphatic hydroxyl groups is 1. The number of furan rings is 1. The van der Waals surface area contributed by atoms with Gasteiger partial charge in [-0.2, -0.15) is 0 Å². The van der Waals surface area contributed by atoms with Gasteiger partial charge >= 0.3 is 0 Å². The molecule has 0 aliphatic heterocycles. The number of hydrogen-bond donors (Lipinski definition) is 1. The average Bonchev–Trinajstić information content (AvgIpc) is 2.81. The van der Waals surface area contributed by atoms with Gasteiger partial charge in [0.1, 0.15) is 23.4 Å². The van der Waals surface area contributed by atoms with Crippen molar-refractivity contribution < 1.29 is 13.9 Å². The summed E-state index contributed by atoms with van der Waals surface area (Å²) in [7, 11) is 0. The molecule has 1 N–H and O–H groups in total. The van der Waals surface area contributed by atoms with Crippen LogP contribution in [0.4, 0.5) is 4.39 Å². The third-order valence-corrected chi connectivity index (χ3v) is 3.53. The Kier molecular flexibility index (Phi) is 4.19. The Hall–Kier alpha value is -1.13. The monoisotopic (exact) mass is 312 g/mol. The highest BCUT2D eigenvalue weighted by atomic mass is 79.9. The second-order valence-corrected chi connectivity index (χ2v) is 4.97. The van der Waals surface area contributed by atoms with E-state index in [0.29, 0.717) is 16.7 Å². The van der Waals surface area contributed by atoms with Gasteiger partial charge < -0.3 is 9.52 Å². The van der Waals surface area contributed by atoms with Crippen LogP contribution in [-0.4, -0.2) is 5.11 Å². The predicted molar refractivity (Wildman–Crippen MR) is 70.8 cm³/mol. The second kappa shape index (κ2) is 5.67. The Balaban J connectivity index is 2.13. The van der Waals surface area contributed by atoms with Crippen LogP contribution in [0.25, 0.3) is 0 Å². The molecule has 2 rings (SSSR count). The average molecular weight is 313 g/mol. The summed E-state index contributed by atoms with van der Waals surface area (Å²) in [4.78, 5) is 0. The maximum atomic E-state index is 12.9. The molecule has 0 aliphatic carbocycles. The fraction of sp³-hybridized carbons (Fsp3) is 0.286. The van der Waals surface area contributed by atoms with Crippen molar-refractivity contribution in [1.82, 2.24) is 0 Å². The zero-order valence-electron chi connectivity index (χ0n) is 9.99. The minimum Gasteiger partial charge on any atom is -0.463 e. The quantitative estimate of drug-likeness (QED) is 0.925. The minimum absolute atomic E-state index is 0.300. The number of aliphatic hydroxyl groups excluding tert-OH is 1. The third kappa shape index (κ3) is 3.00. The molecular weight excluding hydrogens is 299 g/mol. The molecule has 2 nitrogen and oxygen atoms in total. The zero-order chi connectivity index (χ0) is 13.1. The first-order chi connectivity index (χ1) is 8.60. The summed E-state index contributed by atoms with van der Waals surface area (Å²) >= 11 is 3.29. The van der Waals surface area contributed by atoms with E-state index in [-0.39, 0.29) is 5.82 Å². The lowest BCUT2D eigenvalue weighted by molar-refractivity contribution is 0.148. The van der Waals surface area contributed by atoms with E-state index in [4.69, 9.17) is 4.42 Å². The van der Waals surface area contributed by atoms with Crippen LogP contribution in [0.5, 0.6) is 0 Å². The Morgan fingerprint density at radius 2 is 2.11 bits per heavy atom. The lowest BCUT2D eigenvalue weighted by atomic mass is 10.1. The standard InChI is InChI=1S/C14H14BrFO2/c1-2-11-5-6-14(18-11)13(17)7-9-3-4-10(16)8-12(9)15/h3-6,8,13,17H,2,7H2,1H3. The molecule has 0 aliphatic rings. The van der Waals surface area contributed by atoms with Crippen LogP contribution in [0.1, 0.15) is 30.1 Å². The minimum atomic E-state index is -0.716. The number of halogens is 2. The van der Waals surface area contributed by atoms with Crippen molar-refractivity contribution in [2.24, 2.45) is 0 Å². The molecule has 0 spiro atoms. The van der Waals surface area contributed by atoms with Gasteiger partial charge in [0, 0.05) is 17.3 Å². The van der Waals surface area contributed by atoms with Crippen LogP contribution in [0.2, 0.25) is 0 Å². The van der Waals surface area contributed by atoms with Crippen LogP contribution >= 0.6 is 15.9 Å². The van der Waals surface area contributed by atoms with E-state index >= 15 is 0 Å². The molecule has 4 heteroatoms. The van der Waals surface area contributed by atoms with Crippen molar-refractivity contribution in [3.63, 3.8) is 0 Å². The molecule has 1 aromatic carbocycles. The molecule has 1 atom stereocenters. The van der Waals surface area contributed by atoms with Crippen molar-refractivity contribution in [1.29, 1.82) is 0 Å². The highest BCUT2D eigenvalue weighted by molar-refractivity contribution is 9.10. The molecule has 0 bridgehead atoms. The Morgan fingerprint density at radius 3 is 2.72 bits per heavy atom. The maximum Gasteiger partial charge on any atom is 0.133 e. The normalized spacial score (nSPS) is 12.7. The Labute approximate surface area is 114 Å². The van der Waals surface area contributed by atoms with Gasteiger partial charge in [0.05, 0.1) is 0 Å². The van der Waals surface area contributed by atoms with Crippen LogP contribution < -0.4 is 0 Å². The summed E-state index contributed by atoms with van der Waals surface area (Å²) in [5, 5.41) is 10.1. The van der Waals surface area contributed by atoms with Crippen LogP contribution in [0.3, 0.4) is 0 Å². The van der Waals surface area contributed by atoms with Crippen molar-refractivity contribution in [3.8, 4) is 0 Å². The Morgan fingerprint density at radius 1 is 1.33 bits per heavy atom. The molecule has 1 aromatic heterocycles. The van der Waals surface area contributed by atoms with Crippen molar-refractivity contribution in [2.45, 2.75) is 25.9 Å². The highest BCUT2D eigenvalue weighted by Crippen LogP contribution is 2.25. The van der Waals surface area contributed by atoms with Crippen LogP contribution in [0, 0.1) is 5.82 Å². The van der Waals surface area contributed by atoms with E-state index in [1.165, 1.54) is 12.1 Å². The SMILES string of the molecule is CCc1ccc(C(O)Cc2ccc(F)cc2Br)o1. The third-order valence-electron chi connectivity index (χ3n) is 2.79. The molecule has 1 heterocycles. The first-order valence-corrected chi connectivity index (χ1v) is 6.60. The maximum absolute atomic E-state index is 12.9. The van der Waals surface area contributed by atoms with E-state index in [1.807, 2.05) is 13.0 Å². The Bertz CT molecular complexity index is 536. The zero-order valence-corrected chi connectivity index (χ0v) is 11.6. The van der Waals surface area contributed by atoms with E-state index in [0.717, 1.165) is 17.7 Å². The molecule has 1 unspecified atom stereocenters. The second-order valence-electron chi connectivity index (χ2n) is 4.11. The number of hydrogen-bond acceptors (Lipinski definition) is 2. The van der Waals surface area contributed by atoms with Gasteiger partial charge in [0.25, 0.3) is 0 Å². The molecule has 18 heavy (non-hydrogen) atoms. The molecule has 0 fully saturated rings. The predicted octanol–water partition coefficient (Wildman–Crippen LogP) is 4.02. The summed E-state index contributed by atoms with van der Waals surface area (Å²) < 4.78 is 19.1. The van der Waals surface area contributed by atoms with Crippen LogP contribution in [-0.2, 0) is 12.8 Å². The van der Waals surface area contributed by atoms with Gasteiger partial charge in [-0.05, 0) is 29.8 Å².